The lowest BCUT2D eigenvalue weighted by Gasteiger charge is -2.19. The number of carboxylic acids is 1. The zero-order valence-corrected chi connectivity index (χ0v) is 18.0. The van der Waals surface area contributed by atoms with Gasteiger partial charge in [-0.2, -0.15) is 17.5 Å². The molecule has 1 aromatic rings. The van der Waals surface area contributed by atoms with E-state index in [9.17, 15) is 30.8 Å². The first kappa shape index (κ1) is 26.5. The van der Waals surface area contributed by atoms with Crippen LogP contribution in [0.1, 0.15) is 0 Å². The number of aliphatic carboxylic acids is 1. The second-order valence-corrected chi connectivity index (χ2v) is 9.03. The molecule has 2 aliphatic rings. The monoisotopic (exact) mass is 499 g/mol. The Hall–Kier alpha value is -2.78. The van der Waals surface area contributed by atoms with E-state index in [1.54, 1.807) is 0 Å². The van der Waals surface area contributed by atoms with E-state index in [1.165, 1.54) is 29.7 Å². The number of alkyl halides is 3. The number of pyridine rings is 1. The highest BCUT2D eigenvalue weighted by atomic mass is 32.2. The first-order chi connectivity index (χ1) is 15.4. The smallest absolute Gasteiger partial charge is 0.475 e. The van der Waals surface area contributed by atoms with E-state index >= 15 is 0 Å². The molecule has 0 bridgehead atoms. The number of carbonyl (C=O) groups excluding carboxylic acids is 1. The second-order valence-electron chi connectivity index (χ2n) is 7.09. The fraction of sp³-hybridized carbons (Fsp3) is 0.500. The number of rotatable bonds is 7. The van der Waals surface area contributed by atoms with Gasteiger partial charge in [-0.15, -0.1) is 0 Å². The molecule has 10 nitrogen and oxygen atoms in total. The second kappa shape index (κ2) is 10.4. The van der Waals surface area contributed by atoms with Crippen LogP contribution in [0.3, 0.4) is 0 Å². The number of piperidine rings is 1. The number of esters is 1. The van der Waals surface area contributed by atoms with E-state index in [4.69, 9.17) is 25.1 Å². The number of hydrogen-bond acceptors (Lipinski definition) is 8. The molecule has 0 radical (unpaired) electrons. The van der Waals surface area contributed by atoms with Crippen LogP contribution in [0.4, 0.5) is 17.6 Å². The molecule has 1 aromatic heterocycles. The van der Waals surface area contributed by atoms with Crippen molar-refractivity contribution in [2.45, 2.75) is 11.1 Å². The number of halogens is 4. The summed E-state index contributed by atoms with van der Waals surface area (Å²) in [6.45, 7) is 0.557. The van der Waals surface area contributed by atoms with Crippen molar-refractivity contribution < 1.29 is 50.1 Å². The number of nitrogens with two attached hydrogens (primary N) is 1. The minimum Gasteiger partial charge on any atom is -0.475 e. The van der Waals surface area contributed by atoms with Gasteiger partial charge in [0, 0.05) is 31.3 Å². The summed E-state index contributed by atoms with van der Waals surface area (Å²) in [5.74, 6) is -3.01. The van der Waals surface area contributed by atoms with Crippen molar-refractivity contribution >= 4 is 22.0 Å². The maximum atomic E-state index is 12.7. The van der Waals surface area contributed by atoms with Gasteiger partial charge in [0.2, 0.25) is 15.9 Å². The van der Waals surface area contributed by atoms with E-state index < -0.39 is 22.2 Å². The molecule has 0 aromatic carbocycles. The summed E-state index contributed by atoms with van der Waals surface area (Å²) in [4.78, 5) is 24.4. The average Bonchev–Trinajstić information content (AvgIpc) is 3.26. The third kappa shape index (κ3) is 6.39. The minimum atomic E-state index is -5.08. The van der Waals surface area contributed by atoms with Gasteiger partial charge in [-0.3, -0.25) is 4.79 Å². The van der Waals surface area contributed by atoms with Gasteiger partial charge in [-0.25, -0.2) is 22.6 Å². The molecule has 33 heavy (non-hydrogen) atoms. The number of carbonyl (C=O) groups is 2. The van der Waals surface area contributed by atoms with Crippen molar-refractivity contribution in [2.75, 3.05) is 33.4 Å². The molecular weight excluding hydrogens is 478 g/mol. The van der Waals surface area contributed by atoms with Gasteiger partial charge in [0.25, 0.3) is 0 Å². The largest absolute Gasteiger partial charge is 0.490 e. The van der Waals surface area contributed by atoms with Gasteiger partial charge >= 0.3 is 18.1 Å². The highest BCUT2D eigenvalue weighted by Crippen LogP contribution is 2.53. The number of methoxy groups -OCH3 is 1. The van der Waals surface area contributed by atoms with E-state index in [0.29, 0.717) is 19.4 Å². The Balaban J connectivity index is 0.000000479. The van der Waals surface area contributed by atoms with Gasteiger partial charge in [0.05, 0.1) is 25.6 Å². The Morgan fingerprint density at radius 3 is 2.27 bits per heavy atom. The van der Waals surface area contributed by atoms with Crippen LogP contribution in [-0.2, 0) is 24.3 Å². The lowest BCUT2D eigenvalue weighted by Crippen LogP contribution is -2.32. The van der Waals surface area contributed by atoms with E-state index in [0.717, 1.165) is 0 Å². The number of aromatic nitrogens is 1. The van der Waals surface area contributed by atoms with Crippen LogP contribution >= 0.6 is 0 Å². The van der Waals surface area contributed by atoms with Crippen molar-refractivity contribution in [3.05, 3.63) is 30.2 Å². The van der Waals surface area contributed by atoms with Gasteiger partial charge in [-0.1, -0.05) is 0 Å². The Kier molecular flexibility index (Phi) is 8.37. The molecule has 0 spiro atoms. The summed E-state index contributed by atoms with van der Waals surface area (Å²) in [5.41, 5.74) is 5.59. The number of sulfonamides is 1. The lowest BCUT2D eigenvalue weighted by molar-refractivity contribution is -0.192. The Morgan fingerprint density at radius 2 is 1.88 bits per heavy atom. The molecule has 3 N–H and O–H groups in total. The van der Waals surface area contributed by atoms with Crippen molar-refractivity contribution in [3.63, 3.8) is 0 Å². The topological polar surface area (TPSA) is 149 Å². The van der Waals surface area contributed by atoms with Crippen LogP contribution in [0.5, 0.6) is 5.88 Å². The Morgan fingerprint density at radius 1 is 1.30 bits per heavy atom. The van der Waals surface area contributed by atoms with Crippen molar-refractivity contribution in [3.8, 4) is 5.88 Å². The maximum absolute atomic E-state index is 12.7. The van der Waals surface area contributed by atoms with Gasteiger partial charge in [-0.05, 0) is 17.9 Å². The van der Waals surface area contributed by atoms with Gasteiger partial charge in [0.15, 0.2) is 0 Å². The van der Waals surface area contributed by atoms with Crippen molar-refractivity contribution in [1.29, 1.82) is 0 Å². The zero-order valence-electron chi connectivity index (χ0n) is 17.2. The minimum absolute atomic E-state index is 0.0207. The van der Waals surface area contributed by atoms with E-state index in [2.05, 4.69) is 4.98 Å². The summed E-state index contributed by atoms with van der Waals surface area (Å²) in [6, 6.07) is 2.80. The van der Waals surface area contributed by atoms with E-state index in [1.807, 2.05) is 0 Å². The number of ether oxygens (including phenoxy) is 2. The molecule has 1 aliphatic carbocycles. The summed E-state index contributed by atoms with van der Waals surface area (Å²) in [7, 11) is -2.35. The molecule has 3 atom stereocenters. The molecule has 3 rings (SSSR count). The number of carboxylic acid groups (broad SMARTS) is 1. The average molecular weight is 499 g/mol. The highest BCUT2D eigenvalue weighted by Gasteiger charge is 2.62. The molecular formula is C18H21F4N3O7S. The Labute approximate surface area is 186 Å². The van der Waals surface area contributed by atoms with Crippen LogP contribution < -0.4 is 10.5 Å². The number of fused-ring (bicyclic) bond motifs is 1. The molecule has 1 unspecified atom stereocenters. The molecule has 15 heteroatoms. The summed E-state index contributed by atoms with van der Waals surface area (Å²) in [6.07, 6.45) is -3.51. The zero-order chi connectivity index (χ0) is 25.0. The summed E-state index contributed by atoms with van der Waals surface area (Å²) >= 11 is 0. The predicted octanol–water partition coefficient (Wildman–Crippen LogP) is 0.945. The number of hydrogen-bond donors (Lipinski definition) is 2. The highest BCUT2D eigenvalue weighted by molar-refractivity contribution is 7.89. The lowest BCUT2D eigenvalue weighted by atomic mass is 10.3. The molecule has 2 fully saturated rings. The predicted molar refractivity (Wildman–Crippen MR) is 103 cm³/mol. The van der Waals surface area contributed by atoms with Crippen LogP contribution in [0.2, 0.25) is 0 Å². The van der Waals surface area contributed by atoms with Gasteiger partial charge < -0.3 is 20.3 Å². The van der Waals surface area contributed by atoms with Crippen molar-refractivity contribution in [1.82, 2.24) is 9.29 Å². The van der Waals surface area contributed by atoms with Crippen LogP contribution in [0.15, 0.2) is 35.1 Å². The fourth-order valence-corrected chi connectivity index (χ4v) is 4.69. The molecule has 184 valence electrons. The van der Waals surface area contributed by atoms with Crippen molar-refractivity contribution in [2.24, 2.45) is 23.5 Å². The normalized spacial score (nSPS) is 22.6. The first-order valence-corrected chi connectivity index (χ1v) is 10.8. The molecule has 1 aliphatic heterocycles. The maximum Gasteiger partial charge on any atom is 0.490 e. The van der Waals surface area contributed by atoms with E-state index in [-0.39, 0.29) is 53.2 Å². The standard InChI is InChI=1S/C16H20FN3O5S.C2HF3O2/c1-24-16(21)15-12-7-20(8-13(12)15)26(22,23)11-2-3-14(19-6-11)25-9-10(4-17)5-18;3-2(4,5)1(6)7/h2-4,6,12-13,15H,5,7-9,18H2,1H3;(H,6,7)/b10-4+;/t12-,13+,15?;. The molecule has 0 amide bonds. The Bertz CT molecular complexity index is 987. The first-order valence-electron chi connectivity index (χ1n) is 9.32. The molecule has 1 saturated heterocycles. The molecule has 1 saturated carbocycles. The van der Waals surface area contributed by atoms with Gasteiger partial charge in [0.1, 0.15) is 11.5 Å². The SMILES string of the molecule is COC(=O)C1[C@H]2CN(S(=O)(=O)c3ccc(OC/C(=C/F)CN)nc3)C[C@@H]12.O=C(O)C(F)(F)F. The third-order valence-electron chi connectivity index (χ3n) is 5.05. The quantitative estimate of drug-likeness (QED) is 0.413. The van der Waals surface area contributed by atoms with Crippen LogP contribution in [0, 0.1) is 17.8 Å². The third-order valence-corrected chi connectivity index (χ3v) is 6.86. The fourth-order valence-electron chi connectivity index (χ4n) is 3.23. The van der Waals surface area contributed by atoms with Crippen LogP contribution in [-0.4, -0.2) is 74.3 Å². The number of nitrogens with zero attached hydrogens (tertiary/aromatic N) is 2. The van der Waals surface area contributed by atoms with Crippen LogP contribution in [0.25, 0.3) is 0 Å². The summed E-state index contributed by atoms with van der Waals surface area (Å²) in [5, 5.41) is 7.12. The summed E-state index contributed by atoms with van der Waals surface area (Å²) < 4.78 is 80.8. The molecule has 2 heterocycles.